The van der Waals surface area contributed by atoms with Crippen LogP contribution in [0.25, 0.3) is 0 Å². The van der Waals surface area contributed by atoms with E-state index in [9.17, 15) is 4.79 Å². The number of rotatable bonds is 8. The van der Waals surface area contributed by atoms with Gasteiger partial charge in [0, 0.05) is 6.54 Å². The van der Waals surface area contributed by atoms with E-state index in [0.717, 1.165) is 17.1 Å². The molecule has 108 valence electrons. The second-order valence-electron chi connectivity index (χ2n) is 4.08. The zero-order valence-corrected chi connectivity index (χ0v) is 11.9. The number of nitriles is 1. The van der Waals surface area contributed by atoms with Crippen molar-refractivity contribution in [3.8, 4) is 17.6 Å². The topological polar surface area (TPSA) is 71.3 Å². The zero-order valence-electron chi connectivity index (χ0n) is 11.9. The van der Waals surface area contributed by atoms with Crippen molar-refractivity contribution in [1.82, 2.24) is 5.32 Å². The summed E-state index contributed by atoms with van der Waals surface area (Å²) in [5, 5.41) is 11.1. The lowest BCUT2D eigenvalue weighted by Gasteiger charge is -2.12. The van der Waals surface area contributed by atoms with E-state index in [1.54, 1.807) is 0 Å². The molecule has 0 unspecified atom stereocenters. The van der Waals surface area contributed by atoms with E-state index >= 15 is 0 Å². The molecule has 0 bridgehead atoms. The molecule has 1 aromatic rings. The van der Waals surface area contributed by atoms with Crippen LogP contribution in [0.5, 0.6) is 11.5 Å². The van der Waals surface area contributed by atoms with Gasteiger partial charge in [0.05, 0.1) is 19.3 Å². The van der Waals surface area contributed by atoms with Crippen LogP contribution >= 0.6 is 0 Å². The Labute approximate surface area is 119 Å². The van der Waals surface area contributed by atoms with Crippen molar-refractivity contribution < 1.29 is 14.3 Å². The Balaban J connectivity index is 2.60. The average Bonchev–Trinajstić information content (AvgIpc) is 2.42. The number of hydrogen-bond acceptors (Lipinski definition) is 4. The van der Waals surface area contributed by atoms with E-state index in [2.05, 4.69) is 5.32 Å². The summed E-state index contributed by atoms with van der Waals surface area (Å²) >= 11 is 0. The van der Waals surface area contributed by atoms with Gasteiger partial charge in [-0.1, -0.05) is 6.07 Å². The van der Waals surface area contributed by atoms with Crippen LogP contribution in [-0.2, 0) is 11.2 Å². The molecule has 0 aliphatic heterocycles. The minimum absolute atomic E-state index is 0.104. The van der Waals surface area contributed by atoms with Crippen molar-refractivity contribution in [2.45, 2.75) is 26.7 Å². The van der Waals surface area contributed by atoms with Gasteiger partial charge in [-0.3, -0.25) is 4.79 Å². The second-order valence-corrected chi connectivity index (χ2v) is 4.08. The summed E-state index contributed by atoms with van der Waals surface area (Å²) in [6, 6.07) is 7.56. The molecule has 0 fully saturated rings. The predicted molar refractivity (Wildman–Crippen MR) is 75.7 cm³/mol. The number of nitrogens with zero attached hydrogens (tertiary/aromatic N) is 1. The second kappa shape index (κ2) is 8.81. The van der Waals surface area contributed by atoms with Gasteiger partial charge in [-0.05, 0) is 38.0 Å². The Morgan fingerprint density at radius 3 is 2.60 bits per heavy atom. The molecular formula is C15H20N2O3. The fraction of sp³-hybridized carbons (Fsp3) is 0.467. The van der Waals surface area contributed by atoms with Crippen molar-refractivity contribution in [3.63, 3.8) is 0 Å². The SMILES string of the molecule is CCOc1ccc(CCNC(=O)CC#N)cc1OCC. The Morgan fingerprint density at radius 1 is 1.25 bits per heavy atom. The summed E-state index contributed by atoms with van der Waals surface area (Å²) in [4.78, 5) is 11.2. The Kier molecular flexibility index (Phi) is 6.97. The van der Waals surface area contributed by atoms with E-state index in [-0.39, 0.29) is 12.3 Å². The van der Waals surface area contributed by atoms with Gasteiger partial charge in [-0.15, -0.1) is 0 Å². The number of carbonyl (C=O) groups excluding carboxylic acids is 1. The van der Waals surface area contributed by atoms with Gasteiger partial charge in [0.1, 0.15) is 6.42 Å². The summed E-state index contributed by atoms with van der Waals surface area (Å²) in [5.74, 6) is 1.20. The molecule has 0 heterocycles. The molecule has 5 heteroatoms. The van der Waals surface area contributed by atoms with E-state index in [1.165, 1.54) is 0 Å². The highest BCUT2D eigenvalue weighted by atomic mass is 16.5. The quantitative estimate of drug-likeness (QED) is 0.789. The summed E-state index contributed by atoms with van der Waals surface area (Å²) in [6.45, 7) is 5.50. The summed E-state index contributed by atoms with van der Waals surface area (Å²) in [7, 11) is 0. The van der Waals surface area contributed by atoms with Gasteiger partial charge in [0.2, 0.25) is 5.91 Å². The lowest BCUT2D eigenvalue weighted by Crippen LogP contribution is -2.24. The van der Waals surface area contributed by atoms with Crippen molar-refractivity contribution in [3.05, 3.63) is 23.8 Å². The smallest absolute Gasteiger partial charge is 0.234 e. The van der Waals surface area contributed by atoms with Gasteiger partial charge in [0.25, 0.3) is 0 Å². The molecule has 0 aliphatic rings. The maximum absolute atomic E-state index is 11.2. The minimum Gasteiger partial charge on any atom is -0.490 e. The van der Waals surface area contributed by atoms with Gasteiger partial charge in [-0.2, -0.15) is 5.26 Å². The van der Waals surface area contributed by atoms with Crippen molar-refractivity contribution >= 4 is 5.91 Å². The van der Waals surface area contributed by atoms with E-state index in [0.29, 0.717) is 26.2 Å². The third-order valence-corrected chi connectivity index (χ3v) is 2.58. The summed E-state index contributed by atoms with van der Waals surface area (Å²) in [6.07, 6.45) is 0.580. The fourth-order valence-corrected chi connectivity index (χ4v) is 1.73. The molecule has 20 heavy (non-hydrogen) atoms. The highest BCUT2D eigenvalue weighted by molar-refractivity contribution is 5.77. The molecule has 0 radical (unpaired) electrons. The fourth-order valence-electron chi connectivity index (χ4n) is 1.73. The van der Waals surface area contributed by atoms with Crippen LogP contribution in [0.4, 0.5) is 0 Å². The molecule has 5 nitrogen and oxygen atoms in total. The minimum atomic E-state index is -0.247. The van der Waals surface area contributed by atoms with Crippen molar-refractivity contribution in [2.24, 2.45) is 0 Å². The lowest BCUT2D eigenvalue weighted by molar-refractivity contribution is -0.120. The van der Waals surface area contributed by atoms with Crippen LogP contribution in [0.1, 0.15) is 25.8 Å². The predicted octanol–water partition coefficient (Wildman–Crippen LogP) is 2.06. The van der Waals surface area contributed by atoms with E-state index in [4.69, 9.17) is 14.7 Å². The molecule has 0 saturated heterocycles. The van der Waals surface area contributed by atoms with Crippen LogP contribution in [0.3, 0.4) is 0 Å². The Bertz CT molecular complexity index is 480. The molecule has 0 aliphatic carbocycles. The Morgan fingerprint density at radius 2 is 1.95 bits per heavy atom. The molecule has 0 atom stereocenters. The highest BCUT2D eigenvalue weighted by Gasteiger charge is 2.06. The number of amides is 1. The number of ether oxygens (including phenoxy) is 2. The molecule has 1 amide bonds. The van der Waals surface area contributed by atoms with Crippen LogP contribution in [0, 0.1) is 11.3 Å². The monoisotopic (exact) mass is 276 g/mol. The maximum atomic E-state index is 11.2. The average molecular weight is 276 g/mol. The molecule has 1 N–H and O–H groups in total. The standard InChI is InChI=1S/C15H20N2O3/c1-3-19-13-6-5-12(11-14(13)20-4-2)8-10-17-15(18)7-9-16/h5-6,11H,3-4,7-8,10H2,1-2H3,(H,17,18). The van der Waals surface area contributed by atoms with Gasteiger partial charge >= 0.3 is 0 Å². The number of carbonyl (C=O) groups is 1. The first-order valence-electron chi connectivity index (χ1n) is 6.73. The van der Waals surface area contributed by atoms with E-state index < -0.39 is 0 Å². The van der Waals surface area contributed by atoms with Crippen molar-refractivity contribution in [2.75, 3.05) is 19.8 Å². The molecule has 0 aromatic heterocycles. The number of nitrogens with one attached hydrogen (secondary N) is 1. The third kappa shape index (κ3) is 5.19. The van der Waals surface area contributed by atoms with Crippen LogP contribution in [0.15, 0.2) is 18.2 Å². The van der Waals surface area contributed by atoms with Crippen molar-refractivity contribution in [1.29, 1.82) is 5.26 Å². The Hall–Kier alpha value is -2.22. The molecule has 1 rings (SSSR count). The summed E-state index contributed by atoms with van der Waals surface area (Å²) in [5.41, 5.74) is 1.05. The first kappa shape index (κ1) is 15.8. The zero-order chi connectivity index (χ0) is 14.8. The normalized spacial score (nSPS) is 9.65. The highest BCUT2D eigenvalue weighted by Crippen LogP contribution is 2.28. The first-order chi connectivity index (χ1) is 9.71. The van der Waals surface area contributed by atoms with Gasteiger partial charge in [0.15, 0.2) is 11.5 Å². The molecule has 0 saturated carbocycles. The molecule has 1 aromatic carbocycles. The summed E-state index contributed by atoms with van der Waals surface area (Å²) < 4.78 is 11.0. The largest absolute Gasteiger partial charge is 0.490 e. The number of hydrogen-bond donors (Lipinski definition) is 1. The maximum Gasteiger partial charge on any atom is 0.234 e. The van der Waals surface area contributed by atoms with Crippen LogP contribution < -0.4 is 14.8 Å². The van der Waals surface area contributed by atoms with E-state index in [1.807, 2.05) is 38.1 Å². The number of benzene rings is 1. The first-order valence-corrected chi connectivity index (χ1v) is 6.73. The van der Waals surface area contributed by atoms with Crippen LogP contribution in [-0.4, -0.2) is 25.7 Å². The van der Waals surface area contributed by atoms with Gasteiger partial charge < -0.3 is 14.8 Å². The molecule has 0 spiro atoms. The lowest BCUT2D eigenvalue weighted by atomic mass is 10.1. The van der Waals surface area contributed by atoms with Crippen LogP contribution in [0.2, 0.25) is 0 Å². The van der Waals surface area contributed by atoms with Gasteiger partial charge in [-0.25, -0.2) is 0 Å². The molecular weight excluding hydrogens is 256 g/mol. The third-order valence-electron chi connectivity index (χ3n) is 2.58.